The van der Waals surface area contributed by atoms with Crippen LogP contribution >= 0.6 is 0 Å². The van der Waals surface area contributed by atoms with E-state index in [0.29, 0.717) is 32.4 Å². The molecule has 0 saturated carbocycles. The molecule has 0 bridgehead atoms. The summed E-state index contributed by atoms with van der Waals surface area (Å²) in [6.45, 7) is 4.62. The Morgan fingerprint density at radius 1 is 1.45 bits per heavy atom. The Kier molecular flexibility index (Phi) is 6.16. The number of carbonyl (C=O) groups excluding carboxylic acids is 1. The largest absolute Gasteiger partial charge is 0.479 e. The molecule has 0 aliphatic carbocycles. The molecule has 1 aliphatic heterocycles. The van der Waals surface area contributed by atoms with E-state index in [2.05, 4.69) is 6.58 Å². The number of nitrogens with two attached hydrogens (primary N) is 2. The van der Waals surface area contributed by atoms with Gasteiger partial charge in [0.15, 0.2) is 0 Å². The lowest BCUT2D eigenvalue weighted by Gasteiger charge is -2.35. The Labute approximate surface area is 119 Å². The van der Waals surface area contributed by atoms with Crippen LogP contribution in [0, 0.1) is 0 Å². The number of carbonyl (C=O) groups is 2. The van der Waals surface area contributed by atoms with E-state index in [9.17, 15) is 14.7 Å². The van der Waals surface area contributed by atoms with Gasteiger partial charge in [-0.1, -0.05) is 12.5 Å². The minimum atomic E-state index is -1.16. The SMILES string of the molecule is C=CC[C@@]1(C(=O)O)CCCN1C(=O)[C@@H](N)CCCCN. The van der Waals surface area contributed by atoms with Crippen molar-refractivity contribution in [3.8, 4) is 0 Å². The number of hydrogen-bond donors (Lipinski definition) is 3. The molecule has 0 aromatic heterocycles. The zero-order valence-corrected chi connectivity index (χ0v) is 11.9. The minimum absolute atomic E-state index is 0.254. The van der Waals surface area contributed by atoms with E-state index in [0.717, 1.165) is 12.8 Å². The summed E-state index contributed by atoms with van der Waals surface area (Å²) in [6.07, 6.45) is 5.08. The van der Waals surface area contributed by atoms with Crippen LogP contribution in [-0.4, -0.2) is 46.6 Å². The molecular weight excluding hydrogens is 258 g/mol. The molecule has 2 atom stereocenters. The topological polar surface area (TPSA) is 110 Å². The van der Waals surface area contributed by atoms with E-state index in [-0.39, 0.29) is 12.3 Å². The predicted molar refractivity (Wildman–Crippen MR) is 77.0 cm³/mol. The van der Waals surface area contributed by atoms with Gasteiger partial charge in [-0.25, -0.2) is 4.79 Å². The number of carboxylic acid groups (broad SMARTS) is 1. The van der Waals surface area contributed by atoms with Crippen molar-refractivity contribution in [3.63, 3.8) is 0 Å². The number of nitrogens with zero attached hydrogens (tertiary/aromatic N) is 1. The summed E-state index contributed by atoms with van der Waals surface area (Å²) in [4.78, 5) is 25.5. The summed E-state index contributed by atoms with van der Waals surface area (Å²) in [6, 6.07) is -0.650. The van der Waals surface area contributed by atoms with Gasteiger partial charge >= 0.3 is 5.97 Å². The molecule has 20 heavy (non-hydrogen) atoms. The molecule has 114 valence electrons. The standard InChI is InChI=1S/C14H25N3O3/c1-2-7-14(13(19)20)8-5-10-17(14)12(18)11(16)6-3-4-9-15/h2,11H,1,3-10,15-16H2,(H,19,20)/t11-,14-/m0/s1. The van der Waals surface area contributed by atoms with Gasteiger partial charge in [0, 0.05) is 6.54 Å². The number of hydrogen-bond acceptors (Lipinski definition) is 4. The average molecular weight is 283 g/mol. The van der Waals surface area contributed by atoms with Crippen LogP contribution in [0.25, 0.3) is 0 Å². The Morgan fingerprint density at radius 3 is 2.70 bits per heavy atom. The molecule has 0 aromatic carbocycles. The van der Waals surface area contributed by atoms with Crippen LogP contribution in [0.5, 0.6) is 0 Å². The number of rotatable bonds is 8. The van der Waals surface area contributed by atoms with E-state index in [1.165, 1.54) is 4.90 Å². The third kappa shape index (κ3) is 3.37. The molecule has 6 heteroatoms. The van der Waals surface area contributed by atoms with Crippen molar-refractivity contribution in [2.75, 3.05) is 13.1 Å². The number of amides is 1. The van der Waals surface area contributed by atoms with E-state index in [1.807, 2.05) is 0 Å². The number of aliphatic carboxylic acids is 1. The molecule has 1 saturated heterocycles. The van der Waals surface area contributed by atoms with Gasteiger partial charge in [0.25, 0.3) is 0 Å². The molecule has 0 radical (unpaired) electrons. The smallest absolute Gasteiger partial charge is 0.329 e. The fraction of sp³-hybridized carbons (Fsp3) is 0.714. The molecule has 1 rings (SSSR count). The van der Waals surface area contributed by atoms with E-state index < -0.39 is 17.6 Å². The summed E-state index contributed by atoms with van der Waals surface area (Å²) in [7, 11) is 0. The van der Waals surface area contributed by atoms with Crippen LogP contribution in [0.3, 0.4) is 0 Å². The summed E-state index contributed by atoms with van der Waals surface area (Å²) < 4.78 is 0. The lowest BCUT2D eigenvalue weighted by atomic mass is 9.91. The predicted octanol–water partition coefficient (Wildman–Crippen LogP) is 0.465. The van der Waals surface area contributed by atoms with Crippen molar-refractivity contribution >= 4 is 11.9 Å². The van der Waals surface area contributed by atoms with Gasteiger partial charge < -0.3 is 21.5 Å². The molecule has 5 N–H and O–H groups in total. The summed E-state index contributed by atoms with van der Waals surface area (Å²) in [5, 5.41) is 9.51. The zero-order valence-electron chi connectivity index (χ0n) is 11.9. The first-order chi connectivity index (χ1) is 9.49. The second-order valence-electron chi connectivity index (χ2n) is 5.31. The summed E-state index contributed by atoms with van der Waals surface area (Å²) in [5.41, 5.74) is 10.2. The number of unbranched alkanes of at least 4 members (excludes halogenated alkanes) is 1. The van der Waals surface area contributed by atoms with Crippen molar-refractivity contribution < 1.29 is 14.7 Å². The monoisotopic (exact) mass is 283 g/mol. The maximum absolute atomic E-state index is 12.4. The first-order valence-corrected chi connectivity index (χ1v) is 7.11. The van der Waals surface area contributed by atoms with Gasteiger partial charge in [-0.15, -0.1) is 6.58 Å². The van der Waals surface area contributed by atoms with Gasteiger partial charge in [0.1, 0.15) is 5.54 Å². The van der Waals surface area contributed by atoms with Crippen LogP contribution < -0.4 is 11.5 Å². The maximum Gasteiger partial charge on any atom is 0.329 e. The minimum Gasteiger partial charge on any atom is -0.479 e. The van der Waals surface area contributed by atoms with Crippen LogP contribution in [0.2, 0.25) is 0 Å². The van der Waals surface area contributed by atoms with Crippen LogP contribution in [-0.2, 0) is 9.59 Å². The fourth-order valence-corrected chi connectivity index (χ4v) is 2.79. The van der Waals surface area contributed by atoms with Gasteiger partial charge in [0.05, 0.1) is 6.04 Å². The third-order valence-corrected chi connectivity index (χ3v) is 3.92. The molecule has 1 fully saturated rings. The summed E-state index contributed by atoms with van der Waals surface area (Å²) in [5.74, 6) is -1.25. The maximum atomic E-state index is 12.4. The highest BCUT2D eigenvalue weighted by molar-refractivity contribution is 5.90. The summed E-state index contributed by atoms with van der Waals surface area (Å²) >= 11 is 0. The second-order valence-corrected chi connectivity index (χ2v) is 5.31. The normalized spacial score (nSPS) is 23.6. The molecule has 1 heterocycles. The highest BCUT2D eigenvalue weighted by Gasteiger charge is 2.49. The number of carboxylic acids is 1. The van der Waals surface area contributed by atoms with Gasteiger partial charge in [-0.3, -0.25) is 4.79 Å². The van der Waals surface area contributed by atoms with Crippen molar-refractivity contribution in [2.24, 2.45) is 11.5 Å². The molecule has 0 unspecified atom stereocenters. The van der Waals surface area contributed by atoms with Crippen molar-refractivity contribution in [1.29, 1.82) is 0 Å². The van der Waals surface area contributed by atoms with Crippen LogP contribution in [0.4, 0.5) is 0 Å². The van der Waals surface area contributed by atoms with Crippen molar-refractivity contribution in [1.82, 2.24) is 4.90 Å². The zero-order chi connectivity index (χ0) is 15.2. The lowest BCUT2D eigenvalue weighted by Crippen LogP contribution is -2.56. The van der Waals surface area contributed by atoms with Crippen LogP contribution in [0.15, 0.2) is 12.7 Å². The Hall–Kier alpha value is -1.40. The van der Waals surface area contributed by atoms with Crippen LogP contribution in [0.1, 0.15) is 38.5 Å². The molecular formula is C14H25N3O3. The molecule has 1 amide bonds. The van der Waals surface area contributed by atoms with Gasteiger partial charge in [-0.2, -0.15) is 0 Å². The highest BCUT2D eigenvalue weighted by atomic mass is 16.4. The number of likely N-dealkylation sites (tertiary alicyclic amines) is 1. The molecule has 1 aliphatic rings. The van der Waals surface area contributed by atoms with E-state index >= 15 is 0 Å². The third-order valence-electron chi connectivity index (χ3n) is 3.92. The van der Waals surface area contributed by atoms with E-state index in [1.54, 1.807) is 6.08 Å². The van der Waals surface area contributed by atoms with Gasteiger partial charge in [0.2, 0.25) is 5.91 Å². The lowest BCUT2D eigenvalue weighted by molar-refractivity contribution is -0.157. The Morgan fingerprint density at radius 2 is 2.15 bits per heavy atom. The van der Waals surface area contributed by atoms with E-state index in [4.69, 9.17) is 11.5 Å². The fourth-order valence-electron chi connectivity index (χ4n) is 2.79. The highest BCUT2D eigenvalue weighted by Crippen LogP contribution is 2.34. The molecule has 0 spiro atoms. The first-order valence-electron chi connectivity index (χ1n) is 7.11. The van der Waals surface area contributed by atoms with Gasteiger partial charge in [-0.05, 0) is 38.6 Å². The van der Waals surface area contributed by atoms with Crippen molar-refractivity contribution in [2.45, 2.75) is 50.1 Å². The first kappa shape index (κ1) is 16.7. The Bertz CT molecular complexity index is 373. The molecule has 6 nitrogen and oxygen atoms in total. The Balaban J connectivity index is 2.78. The second kappa shape index (κ2) is 7.40. The molecule has 0 aromatic rings. The quantitative estimate of drug-likeness (QED) is 0.443. The van der Waals surface area contributed by atoms with Crippen molar-refractivity contribution in [3.05, 3.63) is 12.7 Å². The average Bonchev–Trinajstić information content (AvgIpc) is 2.83.